The fourth-order valence-electron chi connectivity index (χ4n) is 1.40. The first-order valence-electron chi connectivity index (χ1n) is 3.84. The maximum absolute atomic E-state index is 12.7. The fourth-order valence-corrected chi connectivity index (χ4v) is 1.40. The Labute approximate surface area is 69.6 Å². The summed E-state index contributed by atoms with van der Waals surface area (Å²) in [7, 11) is 0. The summed E-state index contributed by atoms with van der Waals surface area (Å²) >= 11 is 0. The van der Waals surface area contributed by atoms with E-state index in [1.54, 1.807) is 6.07 Å². The van der Waals surface area contributed by atoms with E-state index >= 15 is 0 Å². The van der Waals surface area contributed by atoms with Crippen LogP contribution in [0, 0.1) is 5.82 Å². The summed E-state index contributed by atoms with van der Waals surface area (Å²) in [5.74, 6) is 0.351. The van der Waals surface area contributed by atoms with Gasteiger partial charge in [-0.2, -0.15) is 0 Å². The number of rotatable bonds is 1. The summed E-state index contributed by atoms with van der Waals surface area (Å²) in [6.07, 6.45) is 0. The summed E-state index contributed by atoms with van der Waals surface area (Å²) in [6.45, 7) is 0.464. The zero-order valence-electron chi connectivity index (χ0n) is 6.46. The van der Waals surface area contributed by atoms with Gasteiger partial charge in [0.25, 0.3) is 0 Å². The summed E-state index contributed by atoms with van der Waals surface area (Å²) < 4.78 is 18.0. The second-order valence-corrected chi connectivity index (χ2v) is 2.87. The van der Waals surface area contributed by atoms with Crippen LogP contribution in [0.4, 0.5) is 4.39 Å². The van der Waals surface area contributed by atoms with Gasteiger partial charge in [-0.15, -0.1) is 0 Å². The minimum atomic E-state index is -0.280. The highest BCUT2D eigenvalue weighted by Crippen LogP contribution is 2.33. The third-order valence-electron chi connectivity index (χ3n) is 2.07. The van der Waals surface area contributed by atoms with Gasteiger partial charge in [-0.1, -0.05) is 0 Å². The highest BCUT2D eigenvalue weighted by molar-refractivity contribution is 5.40. The molecule has 0 aliphatic carbocycles. The molecule has 1 aromatic carbocycles. The predicted octanol–water partition coefficient (Wildman–Crippen LogP) is 1.29. The first-order valence-corrected chi connectivity index (χ1v) is 3.84. The van der Waals surface area contributed by atoms with Crippen LogP contribution in [-0.4, -0.2) is 18.3 Å². The molecule has 2 nitrogen and oxygen atoms in total. The smallest absolute Gasteiger partial charge is 0.123 e. The number of aliphatic hydroxyl groups is 1. The van der Waals surface area contributed by atoms with Gasteiger partial charge in [-0.25, -0.2) is 4.39 Å². The van der Waals surface area contributed by atoms with E-state index in [0.717, 1.165) is 5.56 Å². The molecule has 1 unspecified atom stereocenters. The maximum Gasteiger partial charge on any atom is 0.123 e. The maximum atomic E-state index is 12.7. The molecule has 0 saturated carbocycles. The first kappa shape index (κ1) is 7.55. The van der Waals surface area contributed by atoms with Gasteiger partial charge >= 0.3 is 0 Å². The highest BCUT2D eigenvalue weighted by atomic mass is 19.1. The third-order valence-corrected chi connectivity index (χ3v) is 2.07. The van der Waals surface area contributed by atoms with E-state index in [4.69, 9.17) is 9.84 Å². The van der Waals surface area contributed by atoms with Crippen molar-refractivity contribution in [3.63, 3.8) is 0 Å². The summed E-state index contributed by atoms with van der Waals surface area (Å²) in [5, 5.41) is 8.90. The van der Waals surface area contributed by atoms with Gasteiger partial charge in [0, 0.05) is 11.5 Å². The van der Waals surface area contributed by atoms with Crippen molar-refractivity contribution in [1.29, 1.82) is 0 Å². The molecule has 0 saturated heterocycles. The molecule has 12 heavy (non-hydrogen) atoms. The Balaban J connectivity index is 2.42. The number of benzene rings is 1. The van der Waals surface area contributed by atoms with E-state index in [1.807, 2.05) is 0 Å². The van der Waals surface area contributed by atoms with Crippen molar-refractivity contribution in [3.8, 4) is 5.75 Å². The monoisotopic (exact) mass is 168 g/mol. The van der Waals surface area contributed by atoms with Gasteiger partial charge in [0.1, 0.15) is 11.6 Å². The zero-order valence-corrected chi connectivity index (χ0v) is 6.46. The molecule has 1 aliphatic heterocycles. The molecule has 1 aromatic rings. The van der Waals surface area contributed by atoms with Crippen LogP contribution in [0.2, 0.25) is 0 Å². The molecule has 1 aliphatic rings. The molecule has 64 valence electrons. The first-order chi connectivity index (χ1) is 5.81. The fraction of sp³-hybridized carbons (Fsp3) is 0.333. The lowest BCUT2D eigenvalue weighted by molar-refractivity contribution is 0.232. The van der Waals surface area contributed by atoms with Crippen molar-refractivity contribution in [3.05, 3.63) is 29.6 Å². The number of aliphatic hydroxyl groups excluding tert-OH is 1. The number of halogens is 1. The molecule has 0 radical (unpaired) electrons. The highest BCUT2D eigenvalue weighted by Gasteiger charge is 2.23. The zero-order chi connectivity index (χ0) is 8.55. The minimum absolute atomic E-state index is 0.0104. The lowest BCUT2D eigenvalue weighted by Crippen LogP contribution is -2.04. The molecule has 1 heterocycles. The lowest BCUT2D eigenvalue weighted by atomic mass is 10.0. The molecule has 1 atom stereocenters. The Hall–Kier alpha value is -1.09. The number of fused-ring (bicyclic) bond motifs is 1. The largest absolute Gasteiger partial charge is 0.493 e. The van der Waals surface area contributed by atoms with Crippen LogP contribution in [0.5, 0.6) is 5.75 Å². The lowest BCUT2D eigenvalue weighted by Gasteiger charge is -2.02. The van der Waals surface area contributed by atoms with Crippen LogP contribution < -0.4 is 4.74 Å². The van der Waals surface area contributed by atoms with E-state index in [9.17, 15) is 4.39 Å². The molecular weight excluding hydrogens is 159 g/mol. The van der Waals surface area contributed by atoms with Crippen LogP contribution in [0.1, 0.15) is 11.5 Å². The van der Waals surface area contributed by atoms with E-state index in [2.05, 4.69) is 0 Å². The van der Waals surface area contributed by atoms with Crippen LogP contribution in [0.15, 0.2) is 18.2 Å². The Morgan fingerprint density at radius 2 is 2.42 bits per heavy atom. The van der Waals surface area contributed by atoms with Crippen LogP contribution in [-0.2, 0) is 0 Å². The summed E-state index contributed by atoms with van der Waals surface area (Å²) in [5.41, 5.74) is 0.775. The van der Waals surface area contributed by atoms with Gasteiger partial charge in [0.15, 0.2) is 0 Å². The predicted molar refractivity (Wildman–Crippen MR) is 41.7 cm³/mol. The van der Waals surface area contributed by atoms with E-state index in [1.165, 1.54) is 12.1 Å². The van der Waals surface area contributed by atoms with Gasteiger partial charge in [0.2, 0.25) is 0 Å². The molecule has 0 bridgehead atoms. The molecule has 0 amide bonds. The Kier molecular flexibility index (Phi) is 1.73. The number of hydrogen-bond acceptors (Lipinski definition) is 2. The van der Waals surface area contributed by atoms with Crippen molar-refractivity contribution in [1.82, 2.24) is 0 Å². The summed E-state index contributed by atoms with van der Waals surface area (Å²) in [6, 6.07) is 4.38. The molecule has 3 heteroatoms. The average Bonchev–Trinajstić information content (AvgIpc) is 2.46. The molecule has 2 rings (SSSR count). The standard InChI is InChI=1S/C9H9FO2/c10-7-1-2-9-8(3-7)6(4-11)5-12-9/h1-3,6,11H,4-5H2. The summed E-state index contributed by atoms with van der Waals surface area (Å²) in [4.78, 5) is 0. The van der Waals surface area contributed by atoms with Crippen molar-refractivity contribution in [2.75, 3.05) is 13.2 Å². The second-order valence-electron chi connectivity index (χ2n) is 2.87. The van der Waals surface area contributed by atoms with Crippen LogP contribution in [0.3, 0.4) is 0 Å². The van der Waals surface area contributed by atoms with Crippen molar-refractivity contribution in [2.24, 2.45) is 0 Å². The topological polar surface area (TPSA) is 29.5 Å². The van der Waals surface area contributed by atoms with Crippen molar-refractivity contribution in [2.45, 2.75) is 5.92 Å². The minimum Gasteiger partial charge on any atom is -0.493 e. The third kappa shape index (κ3) is 1.06. The average molecular weight is 168 g/mol. The quantitative estimate of drug-likeness (QED) is 0.684. The molecule has 1 N–H and O–H groups in total. The Morgan fingerprint density at radius 3 is 3.17 bits per heavy atom. The van der Waals surface area contributed by atoms with E-state index in [0.29, 0.717) is 12.4 Å². The second kappa shape index (κ2) is 2.75. The molecule has 0 spiro atoms. The Bertz CT molecular complexity index is 299. The normalized spacial score (nSPS) is 20.3. The molecular formula is C9H9FO2. The van der Waals surface area contributed by atoms with Crippen molar-refractivity contribution >= 4 is 0 Å². The molecule has 0 fully saturated rings. The van der Waals surface area contributed by atoms with Gasteiger partial charge < -0.3 is 9.84 Å². The van der Waals surface area contributed by atoms with E-state index < -0.39 is 0 Å². The Morgan fingerprint density at radius 1 is 1.58 bits per heavy atom. The van der Waals surface area contributed by atoms with Crippen molar-refractivity contribution < 1.29 is 14.2 Å². The van der Waals surface area contributed by atoms with Crippen LogP contribution in [0.25, 0.3) is 0 Å². The van der Waals surface area contributed by atoms with Gasteiger partial charge in [-0.3, -0.25) is 0 Å². The van der Waals surface area contributed by atoms with E-state index in [-0.39, 0.29) is 18.3 Å². The molecule has 0 aromatic heterocycles. The van der Waals surface area contributed by atoms with Crippen LogP contribution >= 0.6 is 0 Å². The number of hydrogen-bond donors (Lipinski definition) is 1. The van der Waals surface area contributed by atoms with Gasteiger partial charge in [-0.05, 0) is 18.2 Å². The van der Waals surface area contributed by atoms with Gasteiger partial charge in [0.05, 0.1) is 13.2 Å². The SMILES string of the molecule is OCC1COc2ccc(F)cc21. The number of ether oxygens (including phenoxy) is 1.